The average molecular weight is 534 g/mol. The number of pyridine rings is 1. The molecule has 40 heavy (non-hydrogen) atoms. The number of aromatic nitrogens is 4. The normalized spacial score (nSPS) is 13.2. The Morgan fingerprint density at radius 1 is 1.02 bits per heavy atom. The zero-order valence-corrected chi connectivity index (χ0v) is 21.6. The van der Waals surface area contributed by atoms with Gasteiger partial charge >= 0.3 is 0 Å². The maximum Gasteiger partial charge on any atom is 0.247 e. The molecule has 3 N–H and O–H groups in total. The average Bonchev–Trinajstić information content (AvgIpc) is 3.43. The van der Waals surface area contributed by atoms with Crippen molar-refractivity contribution in [2.24, 2.45) is 0 Å². The Hall–Kier alpha value is -5.22. The van der Waals surface area contributed by atoms with Crippen LogP contribution in [0.1, 0.15) is 0 Å². The van der Waals surface area contributed by atoms with Crippen molar-refractivity contribution in [3.8, 4) is 22.8 Å². The number of aromatic amines is 1. The second kappa shape index (κ2) is 11.3. The molecule has 0 atom stereocenters. The summed E-state index contributed by atoms with van der Waals surface area (Å²) in [5.41, 5.74) is 5.00. The van der Waals surface area contributed by atoms with Gasteiger partial charge in [-0.25, -0.2) is 0 Å². The topological polar surface area (TPSA) is 117 Å². The Bertz CT molecular complexity index is 1650. The maximum absolute atomic E-state index is 11.8. The van der Waals surface area contributed by atoms with Gasteiger partial charge in [0.25, 0.3) is 0 Å². The van der Waals surface area contributed by atoms with Crippen LogP contribution in [0.3, 0.4) is 0 Å². The summed E-state index contributed by atoms with van der Waals surface area (Å²) >= 11 is 0. The number of hydrogen-bond acceptors (Lipinski definition) is 8. The smallest absolute Gasteiger partial charge is 0.247 e. The summed E-state index contributed by atoms with van der Waals surface area (Å²) in [6.45, 7) is 6.72. The first kappa shape index (κ1) is 25.1. The highest BCUT2D eigenvalue weighted by atomic mass is 16.5. The summed E-state index contributed by atoms with van der Waals surface area (Å²) in [4.78, 5) is 31.0. The molecule has 5 aromatic rings. The van der Waals surface area contributed by atoms with Crippen molar-refractivity contribution in [2.75, 3.05) is 41.8 Å². The van der Waals surface area contributed by atoms with Gasteiger partial charge in [-0.2, -0.15) is 9.97 Å². The zero-order chi connectivity index (χ0) is 27.3. The van der Waals surface area contributed by atoms with Gasteiger partial charge in [0.2, 0.25) is 17.7 Å². The second-order valence-electron chi connectivity index (χ2n) is 9.11. The molecule has 0 aliphatic carbocycles. The lowest BCUT2D eigenvalue weighted by atomic mass is 10.1. The molecular formula is C30H27N7O3. The molecule has 1 aliphatic heterocycles. The molecule has 0 spiro atoms. The number of rotatable bonds is 8. The molecule has 10 nitrogen and oxygen atoms in total. The Morgan fingerprint density at radius 2 is 1.82 bits per heavy atom. The number of amides is 1. The van der Waals surface area contributed by atoms with Crippen LogP contribution in [0.2, 0.25) is 0 Å². The lowest BCUT2D eigenvalue weighted by molar-refractivity contribution is -0.111. The summed E-state index contributed by atoms with van der Waals surface area (Å²) in [7, 11) is 0. The predicted molar refractivity (Wildman–Crippen MR) is 155 cm³/mol. The number of anilines is 4. The van der Waals surface area contributed by atoms with E-state index in [1.54, 1.807) is 36.7 Å². The highest BCUT2D eigenvalue weighted by Gasteiger charge is 2.18. The van der Waals surface area contributed by atoms with Crippen LogP contribution in [0.4, 0.5) is 23.0 Å². The maximum atomic E-state index is 11.8. The third-order valence-corrected chi connectivity index (χ3v) is 6.49. The first-order valence-electron chi connectivity index (χ1n) is 12.9. The Morgan fingerprint density at radius 3 is 2.60 bits per heavy atom. The molecule has 1 amide bonds. The third-order valence-electron chi connectivity index (χ3n) is 6.49. The minimum absolute atomic E-state index is 0.307. The highest BCUT2D eigenvalue weighted by Crippen LogP contribution is 2.37. The largest absolute Gasteiger partial charge is 0.438 e. The molecule has 3 aromatic heterocycles. The van der Waals surface area contributed by atoms with Gasteiger partial charge in [-0.15, -0.1) is 0 Å². The number of nitrogens with zero attached hydrogens (tertiary/aromatic N) is 4. The van der Waals surface area contributed by atoms with Gasteiger partial charge < -0.3 is 30.0 Å². The highest BCUT2D eigenvalue weighted by molar-refractivity contribution is 5.99. The number of carbonyl (C=O) groups excluding carboxylic acids is 1. The molecule has 1 saturated heterocycles. The van der Waals surface area contributed by atoms with Crippen LogP contribution in [0.25, 0.3) is 22.2 Å². The van der Waals surface area contributed by atoms with Crippen molar-refractivity contribution in [1.82, 2.24) is 19.9 Å². The van der Waals surface area contributed by atoms with Gasteiger partial charge in [0.05, 0.1) is 18.6 Å². The van der Waals surface area contributed by atoms with Gasteiger partial charge in [-0.05, 0) is 60.2 Å². The second-order valence-corrected chi connectivity index (χ2v) is 9.11. The molecule has 2 aromatic carbocycles. The number of nitrogens with one attached hydrogen (secondary N) is 3. The number of morpholine rings is 1. The summed E-state index contributed by atoms with van der Waals surface area (Å²) < 4.78 is 11.8. The molecule has 200 valence electrons. The number of fused-ring (bicyclic) bond motifs is 1. The molecule has 4 heterocycles. The van der Waals surface area contributed by atoms with Crippen LogP contribution in [-0.2, 0) is 9.53 Å². The molecule has 0 saturated carbocycles. The van der Waals surface area contributed by atoms with E-state index in [2.05, 4.69) is 44.2 Å². The Labute approximate surface area is 230 Å². The third kappa shape index (κ3) is 5.47. The molecule has 1 fully saturated rings. The summed E-state index contributed by atoms with van der Waals surface area (Å²) in [5.74, 6) is 0.932. The Kier molecular flexibility index (Phi) is 7.06. The number of hydrogen-bond donors (Lipinski definition) is 3. The predicted octanol–water partition coefficient (Wildman–Crippen LogP) is 5.52. The van der Waals surface area contributed by atoms with Gasteiger partial charge in [0.1, 0.15) is 11.4 Å². The van der Waals surface area contributed by atoms with Gasteiger partial charge in [0.15, 0.2) is 0 Å². The molecule has 10 heteroatoms. The number of carbonyl (C=O) groups is 1. The van der Waals surface area contributed by atoms with Crippen LogP contribution in [0.5, 0.6) is 11.6 Å². The van der Waals surface area contributed by atoms with E-state index in [0.29, 0.717) is 28.9 Å². The van der Waals surface area contributed by atoms with E-state index in [-0.39, 0.29) is 5.91 Å². The molecule has 6 rings (SSSR count). The monoisotopic (exact) mass is 533 g/mol. The summed E-state index contributed by atoms with van der Waals surface area (Å²) in [6, 6.07) is 19.1. The first-order valence-corrected chi connectivity index (χ1v) is 12.9. The van der Waals surface area contributed by atoms with E-state index in [0.717, 1.165) is 54.2 Å². The summed E-state index contributed by atoms with van der Waals surface area (Å²) in [6.07, 6.45) is 6.56. The molecule has 0 radical (unpaired) electrons. The van der Waals surface area contributed by atoms with Crippen molar-refractivity contribution in [1.29, 1.82) is 0 Å². The van der Waals surface area contributed by atoms with Crippen LogP contribution in [0, 0.1) is 0 Å². The van der Waals surface area contributed by atoms with E-state index in [1.807, 2.05) is 30.5 Å². The van der Waals surface area contributed by atoms with Crippen molar-refractivity contribution >= 4 is 40.0 Å². The molecule has 1 aliphatic rings. The van der Waals surface area contributed by atoms with E-state index in [1.165, 1.54) is 6.08 Å². The van der Waals surface area contributed by atoms with Crippen LogP contribution < -0.4 is 20.3 Å². The fraction of sp³-hybridized carbons (Fsp3) is 0.133. The Balaban J connectivity index is 1.34. The molecular weight excluding hydrogens is 506 g/mol. The molecule has 0 bridgehead atoms. The van der Waals surface area contributed by atoms with E-state index < -0.39 is 0 Å². The zero-order valence-electron chi connectivity index (χ0n) is 21.6. The lowest BCUT2D eigenvalue weighted by Crippen LogP contribution is -2.36. The van der Waals surface area contributed by atoms with Gasteiger partial charge in [-0.3, -0.25) is 9.78 Å². The van der Waals surface area contributed by atoms with Crippen molar-refractivity contribution in [3.05, 3.63) is 91.9 Å². The number of H-pyrrole nitrogens is 1. The lowest BCUT2D eigenvalue weighted by Gasteiger charge is -2.28. The quantitative estimate of drug-likeness (QED) is 0.223. The first-order chi connectivity index (χ1) is 19.7. The van der Waals surface area contributed by atoms with Crippen LogP contribution >= 0.6 is 0 Å². The minimum Gasteiger partial charge on any atom is -0.438 e. The molecule has 0 unspecified atom stereocenters. The van der Waals surface area contributed by atoms with Gasteiger partial charge in [0, 0.05) is 60.4 Å². The fourth-order valence-electron chi connectivity index (χ4n) is 4.54. The van der Waals surface area contributed by atoms with Crippen molar-refractivity contribution < 1.29 is 14.3 Å². The van der Waals surface area contributed by atoms with Crippen LogP contribution in [0.15, 0.2) is 91.9 Å². The van der Waals surface area contributed by atoms with E-state index >= 15 is 0 Å². The fourth-order valence-corrected chi connectivity index (χ4v) is 4.54. The number of ether oxygens (including phenoxy) is 2. The SMILES string of the molecule is C=CC(=O)Nc1cccc(Oc2nc(Nc3ccc(N4CCOCC4)cc3)nc3[nH]cc(-c4ccncc4)c23)c1. The van der Waals surface area contributed by atoms with Crippen LogP contribution in [-0.4, -0.2) is 52.1 Å². The standard InChI is InChI=1S/C30H27N7O3/c1-2-26(38)33-22-4-3-5-24(18-22)40-29-27-25(20-10-12-31-13-11-20)19-32-28(27)35-30(36-29)34-21-6-8-23(9-7-21)37-14-16-39-17-15-37/h2-13,18-19H,1,14-17H2,(H,33,38)(H2,32,34,35,36). The van der Waals surface area contributed by atoms with Gasteiger partial charge in [-0.1, -0.05) is 12.6 Å². The minimum atomic E-state index is -0.307. The van der Waals surface area contributed by atoms with E-state index in [4.69, 9.17) is 19.4 Å². The van der Waals surface area contributed by atoms with Crippen molar-refractivity contribution in [3.63, 3.8) is 0 Å². The van der Waals surface area contributed by atoms with Crippen molar-refractivity contribution in [2.45, 2.75) is 0 Å². The van der Waals surface area contributed by atoms with E-state index in [9.17, 15) is 4.79 Å². The summed E-state index contributed by atoms with van der Waals surface area (Å²) in [5, 5.41) is 6.78. The number of benzene rings is 2.